The van der Waals surface area contributed by atoms with Crippen LogP contribution in [-0.4, -0.2) is 11.3 Å². The van der Waals surface area contributed by atoms with Crippen molar-refractivity contribution in [3.8, 4) is 5.75 Å². The predicted molar refractivity (Wildman–Crippen MR) is 80.3 cm³/mol. The standard InChI is InChI=1S/C11H7ClF3IN2OS/c12-10-18-5-7(20-10)4-17-8-2-1-6(16)3-9(8)19-11(13,14)15/h1-3,5,17H,4H2. The predicted octanol–water partition coefficient (Wildman–Crippen LogP) is 4.91. The van der Waals surface area contributed by atoms with Crippen LogP contribution in [0.4, 0.5) is 18.9 Å². The van der Waals surface area contributed by atoms with Crippen LogP contribution in [-0.2, 0) is 6.54 Å². The minimum absolute atomic E-state index is 0.257. The molecule has 0 aliphatic rings. The summed E-state index contributed by atoms with van der Waals surface area (Å²) in [5.41, 5.74) is 0.257. The van der Waals surface area contributed by atoms with Crippen molar-refractivity contribution in [2.75, 3.05) is 5.32 Å². The molecule has 0 unspecified atom stereocenters. The molecule has 0 saturated carbocycles. The van der Waals surface area contributed by atoms with Gasteiger partial charge in [0.1, 0.15) is 0 Å². The van der Waals surface area contributed by atoms with Gasteiger partial charge in [-0.3, -0.25) is 0 Å². The number of nitrogens with one attached hydrogen (secondary N) is 1. The van der Waals surface area contributed by atoms with Crippen molar-refractivity contribution in [1.29, 1.82) is 0 Å². The molecule has 20 heavy (non-hydrogen) atoms. The van der Waals surface area contributed by atoms with E-state index in [0.717, 1.165) is 4.88 Å². The van der Waals surface area contributed by atoms with Gasteiger partial charge in [-0.05, 0) is 40.8 Å². The van der Waals surface area contributed by atoms with Crippen molar-refractivity contribution in [2.45, 2.75) is 12.9 Å². The monoisotopic (exact) mass is 434 g/mol. The Morgan fingerprint density at radius 2 is 2.15 bits per heavy atom. The van der Waals surface area contributed by atoms with Gasteiger partial charge in [-0.2, -0.15) is 0 Å². The van der Waals surface area contributed by atoms with Crippen LogP contribution in [0.15, 0.2) is 24.4 Å². The lowest BCUT2D eigenvalue weighted by molar-refractivity contribution is -0.274. The lowest BCUT2D eigenvalue weighted by Crippen LogP contribution is -2.18. The average Bonchev–Trinajstić information content (AvgIpc) is 2.72. The van der Waals surface area contributed by atoms with E-state index in [1.54, 1.807) is 12.3 Å². The Balaban J connectivity index is 2.14. The molecule has 9 heteroatoms. The quantitative estimate of drug-likeness (QED) is 0.694. The first-order valence-corrected chi connectivity index (χ1v) is 7.50. The summed E-state index contributed by atoms with van der Waals surface area (Å²) in [6.07, 6.45) is -3.16. The van der Waals surface area contributed by atoms with Gasteiger partial charge in [0.05, 0.1) is 12.2 Å². The molecular weight excluding hydrogens is 428 g/mol. The van der Waals surface area contributed by atoms with Crippen molar-refractivity contribution < 1.29 is 17.9 Å². The fourth-order valence-electron chi connectivity index (χ4n) is 1.40. The minimum Gasteiger partial charge on any atom is -0.404 e. The molecule has 0 amide bonds. The first-order chi connectivity index (χ1) is 9.33. The first-order valence-electron chi connectivity index (χ1n) is 5.23. The average molecular weight is 435 g/mol. The van der Waals surface area contributed by atoms with Crippen LogP contribution in [0.3, 0.4) is 0 Å². The molecule has 0 aliphatic heterocycles. The van der Waals surface area contributed by atoms with Crippen molar-refractivity contribution in [3.05, 3.63) is 37.3 Å². The fraction of sp³-hybridized carbons (Fsp3) is 0.182. The van der Waals surface area contributed by atoms with E-state index < -0.39 is 6.36 Å². The number of hydrogen-bond donors (Lipinski definition) is 1. The summed E-state index contributed by atoms with van der Waals surface area (Å²) < 4.78 is 42.1. The van der Waals surface area contributed by atoms with Gasteiger partial charge in [0.25, 0.3) is 0 Å². The molecule has 0 radical (unpaired) electrons. The Labute approximate surface area is 135 Å². The highest BCUT2D eigenvalue weighted by Crippen LogP contribution is 2.32. The van der Waals surface area contributed by atoms with Crippen LogP contribution in [0.5, 0.6) is 5.75 Å². The molecule has 3 nitrogen and oxygen atoms in total. The Kier molecular flexibility index (Phi) is 4.97. The number of alkyl halides is 3. The maximum atomic E-state index is 12.3. The summed E-state index contributed by atoms with van der Waals surface area (Å²) in [6.45, 7) is 0.319. The molecule has 0 fully saturated rings. The second-order valence-electron chi connectivity index (χ2n) is 3.62. The van der Waals surface area contributed by atoms with E-state index in [1.807, 2.05) is 22.6 Å². The zero-order chi connectivity index (χ0) is 14.8. The summed E-state index contributed by atoms with van der Waals surface area (Å²) in [7, 11) is 0. The molecule has 1 aromatic heterocycles. The normalized spacial score (nSPS) is 11.4. The maximum absolute atomic E-state index is 12.3. The van der Waals surface area contributed by atoms with Gasteiger partial charge in [-0.1, -0.05) is 11.6 Å². The van der Waals surface area contributed by atoms with Crippen LogP contribution in [0, 0.1) is 3.57 Å². The van der Waals surface area contributed by atoms with E-state index in [0.29, 0.717) is 14.6 Å². The Hall–Kier alpha value is -0.740. The van der Waals surface area contributed by atoms with E-state index in [-0.39, 0.29) is 11.4 Å². The Bertz CT molecular complexity index is 606. The van der Waals surface area contributed by atoms with E-state index in [1.165, 1.54) is 23.5 Å². The number of rotatable bonds is 4. The highest BCUT2D eigenvalue weighted by molar-refractivity contribution is 14.1. The third-order valence-corrected chi connectivity index (χ3v) is 3.93. The molecule has 0 spiro atoms. The van der Waals surface area contributed by atoms with Crippen LogP contribution in [0.25, 0.3) is 0 Å². The summed E-state index contributed by atoms with van der Waals surface area (Å²) in [4.78, 5) is 4.67. The zero-order valence-electron chi connectivity index (χ0n) is 9.67. The molecule has 0 saturated heterocycles. The third kappa shape index (κ3) is 4.67. The highest BCUT2D eigenvalue weighted by Gasteiger charge is 2.32. The zero-order valence-corrected chi connectivity index (χ0v) is 13.4. The van der Waals surface area contributed by atoms with Gasteiger partial charge in [0.2, 0.25) is 0 Å². The molecule has 2 aromatic rings. The Morgan fingerprint density at radius 1 is 1.40 bits per heavy atom. The van der Waals surface area contributed by atoms with Crippen molar-refractivity contribution in [1.82, 2.24) is 4.98 Å². The Morgan fingerprint density at radius 3 is 2.75 bits per heavy atom. The van der Waals surface area contributed by atoms with Gasteiger partial charge < -0.3 is 10.1 Å². The van der Waals surface area contributed by atoms with Gasteiger partial charge in [0, 0.05) is 14.6 Å². The highest BCUT2D eigenvalue weighted by atomic mass is 127. The number of nitrogens with zero attached hydrogens (tertiary/aromatic N) is 1. The molecule has 0 bridgehead atoms. The van der Waals surface area contributed by atoms with Gasteiger partial charge in [-0.15, -0.1) is 24.5 Å². The molecule has 108 valence electrons. The molecular formula is C11H7ClF3IN2OS. The SMILES string of the molecule is FC(F)(F)Oc1cc(I)ccc1NCc1cnc(Cl)s1. The number of benzene rings is 1. The van der Waals surface area contributed by atoms with E-state index in [4.69, 9.17) is 11.6 Å². The van der Waals surface area contributed by atoms with Crippen LogP contribution in [0.1, 0.15) is 4.88 Å². The summed E-state index contributed by atoms with van der Waals surface area (Å²) in [5.74, 6) is -0.264. The molecule has 0 atom stereocenters. The number of anilines is 1. The fourth-order valence-corrected chi connectivity index (χ4v) is 2.78. The topological polar surface area (TPSA) is 34.1 Å². The number of thiazole rings is 1. The van der Waals surface area contributed by atoms with Crippen LogP contribution < -0.4 is 10.1 Å². The van der Waals surface area contributed by atoms with Crippen LogP contribution >= 0.6 is 45.5 Å². The molecule has 2 rings (SSSR count). The second-order valence-corrected chi connectivity index (χ2v) is 6.56. The van der Waals surface area contributed by atoms with Gasteiger partial charge in [-0.25, -0.2) is 4.98 Å². The third-order valence-electron chi connectivity index (χ3n) is 2.15. The molecule has 1 N–H and O–H groups in total. The van der Waals surface area contributed by atoms with Gasteiger partial charge >= 0.3 is 6.36 Å². The van der Waals surface area contributed by atoms with Crippen molar-refractivity contribution in [3.63, 3.8) is 0 Å². The number of ether oxygens (including phenoxy) is 1. The molecule has 1 heterocycles. The number of hydrogen-bond acceptors (Lipinski definition) is 4. The maximum Gasteiger partial charge on any atom is 0.573 e. The minimum atomic E-state index is -4.73. The van der Waals surface area contributed by atoms with Crippen LogP contribution in [0.2, 0.25) is 4.47 Å². The molecule has 0 aliphatic carbocycles. The van der Waals surface area contributed by atoms with E-state index in [2.05, 4.69) is 15.0 Å². The van der Waals surface area contributed by atoms with E-state index in [9.17, 15) is 13.2 Å². The smallest absolute Gasteiger partial charge is 0.404 e. The number of halogens is 5. The second kappa shape index (κ2) is 6.35. The summed E-state index contributed by atoms with van der Waals surface area (Å²) in [6, 6.07) is 4.54. The van der Waals surface area contributed by atoms with Gasteiger partial charge in [0.15, 0.2) is 10.2 Å². The largest absolute Gasteiger partial charge is 0.573 e. The summed E-state index contributed by atoms with van der Waals surface area (Å²) >= 11 is 8.86. The first kappa shape index (κ1) is 15.6. The summed E-state index contributed by atoms with van der Waals surface area (Å²) in [5, 5.41) is 2.88. The lowest BCUT2D eigenvalue weighted by atomic mass is 10.3. The molecule has 1 aromatic carbocycles. The van der Waals surface area contributed by atoms with Crippen molar-refractivity contribution in [2.24, 2.45) is 0 Å². The lowest BCUT2D eigenvalue weighted by Gasteiger charge is -2.14. The van der Waals surface area contributed by atoms with Crippen molar-refractivity contribution >= 4 is 51.2 Å². The van der Waals surface area contributed by atoms with E-state index >= 15 is 0 Å². The number of aromatic nitrogens is 1.